The number of likely N-dealkylation sites (N-methyl/N-ethyl adjacent to an activating group) is 1. The van der Waals surface area contributed by atoms with Crippen LogP contribution in [0.4, 0.5) is 4.79 Å². The van der Waals surface area contributed by atoms with E-state index >= 15 is 0 Å². The first-order chi connectivity index (χ1) is 12.5. The molecule has 0 aliphatic heterocycles. The Morgan fingerprint density at radius 3 is 2.19 bits per heavy atom. The van der Waals surface area contributed by atoms with Crippen LogP contribution in [-0.2, 0) is 20.9 Å². The number of amides is 2. The molecule has 0 radical (unpaired) electrons. The maximum Gasteiger partial charge on any atom is 0.408 e. The van der Waals surface area contributed by atoms with E-state index < -0.39 is 17.7 Å². The highest BCUT2D eigenvalue weighted by Gasteiger charge is 2.18. The Morgan fingerprint density at radius 1 is 1.07 bits per heavy atom. The normalized spacial score (nSPS) is 10.8. The summed E-state index contributed by atoms with van der Waals surface area (Å²) >= 11 is 0. The van der Waals surface area contributed by atoms with Crippen molar-refractivity contribution >= 4 is 23.8 Å². The number of alkyl carbamates (subject to hydrolysis) is 1. The molecule has 8 nitrogen and oxygen atoms in total. The van der Waals surface area contributed by atoms with Crippen molar-refractivity contribution in [1.82, 2.24) is 10.2 Å². The summed E-state index contributed by atoms with van der Waals surface area (Å²) < 4.78 is 5.07. The second-order valence-electron chi connectivity index (χ2n) is 7.12. The predicted molar refractivity (Wildman–Crippen MR) is 98.4 cm³/mol. The summed E-state index contributed by atoms with van der Waals surface area (Å²) in [6.07, 6.45) is -0.917. The van der Waals surface area contributed by atoms with Crippen LogP contribution in [0.25, 0.3) is 0 Å². The second kappa shape index (κ2) is 9.70. The molecule has 1 rings (SSSR count). The molecule has 0 spiro atoms. The van der Waals surface area contributed by atoms with Gasteiger partial charge in [0.1, 0.15) is 12.1 Å². The lowest BCUT2D eigenvalue weighted by Gasteiger charge is -2.21. The first kappa shape index (κ1) is 22.1. The Labute approximate surface area is 158 Å². The van der Waals surface area contributed by atoms with E-state index in [1.54, 1.807) is 52.1 Å². The van der Waals surface area contributed by atoms with E-state index in [2.05, 4.69) is 5.32 Å². The number of carbonyl (C=O) groups excluding carboxylic acids is 3. The SMILES string of the molecule is CN(Cc1ccc(C(=O)CCC(=O)O)cc1)C(=O)CNC(=O)OC(C)(C)C. The third kappa shape index (κ3) is 8.84. The van der Waals surface area contributed by atoms with Crippen molar-refractivity contribution in [3.8, 4) is 0 Å². The Kier molecular flexibility index (Phi) is 7.96. The molecule has 0 aromatic heterocycles. The van der Waals surface area contributed by atoms with Gasteiger partial charge >= 0.3 is 12.1 Å². The molecule has 0 heterocycles. The largest absolute Gasteiger partial charge is 0.481 e. The van der Waals surface area contributed by atoms with Crippen molar-refractivity contribution in [1.29, 1.82) is 0 Å². The molecule has 0 bridgehead atoms. The van der Waals surface area contributed by atoms with Crippen LogP contribution in [0, 0.1) is 0 Å². The van der Waals surface area contributed by atoms with Crippen LogP contribution in [-0.4, -0.2) is 53.0 Å². The number of nitrogens with zero attached hydrogens (tertiary/aromatic N) is 1. The lowest BCUT2D eigenvalue weighted by molar-refractivity contribution is -0.137. The van der Waals surface area contributed by atoms with Gasteiger partial charge in [0.2, 0.25) is 5.91 Å². The van der Waals surface area contributed by atoms with Gasteiger partial charge in [-0.2, -0.15) is 0 Å². The van der Waals surface area contributed by atoms with Gasteiger partial charge in [-0.3, -0.25) is 14.4 Å². The molecule has 0 aliphatic rings. The fourth-order valence-corrected chi connectivity index (χ4v) is 2.12. The highest BCUT2D eigenvalue weighted by Crippen LogP contribution is 2.10. The lowest BCUT2D eigenvalue weighted by Crippen LogP contribution is -2.40. The monoisotopic (exact) mass is 378 g/mol. The van der Waals surface area contributed by atoms with Gasteiger partial charge in [-0.05, 0) is 26.3 Å². The minimum absolute atomic E-state index is 0.0522. The molecule has 0 saturated carbocycles. The molecular weight excluding hydrogens is 352 g/mol. The summed E-state index contributed by atoms with van der Waals surface area (Å²) in [5, 5.41) is 11.0. The number of rotatable bonds is 8. The topological polar surface area (TPSA) is 113 Å². The number of hydrogen-bond acceptors (Lipinski definition) is 5. The van der Waals surface area contributed by atoms with Gasteiger partial charge in [-0.1, -0.05) is 24.3 Å². The number of nitrogens with one attached hydrogen (secondary N) is 1. The maximum absolute atomic E-state index is 12.1. The van der Waals surface area contributed by atoms with Gasteiger partial charge in [-0.25, -0.2) is 4.79 Å². The van der Waals surface area contributed by atoms with Gasteiger partial charge < -0.3 is 20.1 Å². The smallest absolute Gasteiger partial charge is 0.408 e. The number of carboxylic acids is 1. The molecule has 2 amide bonds. The summed E-state index contributed by atoms with van der Waals surface area (Å²) in [5.41, 5.74) is 0.598. The van der Waals surface area contributed by atoms with Crippen molar-refractivity contribution in [2.24, 2.45) is 0 Å². The molecule has 27 heavy (non-hydrogen) atoms. The van der Waals surface area contributed by atoms with Crippen LogP contribution in [0.2, 0.25) is 0 Å². The van der Waals surface area contributed by atoms with Crippen LogP contribution in [0.3, 0.4) is 0 Å². The number of ketones is 1. The molecule has 1 aromatic rings. The van der Waals surface area contributed by atoms with E-state index in [-0.39, 0.29) is 31.1 Å². The first-order valence-electron chi connectivity index (χ1n) is 8.52. The van der Waals surface area contributed by atoms with Crippen molar-refractivity contribution < 1.29 is 29.0 Å². The molecular formula is C19H26N2O6. The molecule has 0 fully saturated rings. The van der Waals surface area contributed by atoms with Gasteiger partial charge in [0.25, 0.3) is 0 Å². The average molecular weight is 378 g/mol. The highest BCUT2D eigenvalue weighted by atomic mass is 16.6. The van der Waals surface area contributed by atoms with Crippen LogP contribution in [0.5, 0.6) is 0 Å². The Hall–Kier alpha value is -2.90. The zero-order valence-corrected chi connectivity index (χ0v) is 16.1. The van der Waals surface area contributed by atoms with Crippen LogP contribution in [0.1, 0.15) is 49.5 Å². The zero-order valence-electron chi connectivity index (χ0n) is 16.1. The Morgan fingerprint density at radius 2 is 1.67 bits per heavy atom. The van der Waals surface area contributed by atoms with Crippen molar-refractivity contribution in [3.63, 3.8) is 0 Å². The Balaban J connectivity index is 2.50. The van der Waals surface area contributed by atoms with E-state index in [0.29, 0.717) is 12.1 Å². The average Bonchev–Trinajstić information content (AvgIpc) is 2.56. The number of ether oxygens (including phenoxy) is 1. The number of benzene rings is 1. The number of Topliss-reactive ketones (excluding diaryl/α,β-unsaturated/α-hetero) is 1. The summed E-state index contributed by atoms with van der Waals surface area (Å²) in [7, 11) is 1.60. The zero-order chi connectivity index (χ0) is 20.6. The van der Waals surface area contributed by atoms with Gasteiger partial charge in [0, 0.05) is 25.6 Å². The Bertz CT molecular complexity index is 691. The van der Waals surface area contributed by atoms with Crippen molar-refractivity contribution in [3.05, 3.63) is 35.4 Å². The first-order valence-corrected chi connectivity index (χ1v) is 8.52. The molecule has 148 valence electrons. The number of aliphatic carboxylic acids is 1. The summed E-state index contributed by atoms with van der Waals surface area (Å²) in [6, 6.07) is 6.63. The molecule has 0 atom stereocenters. The van der Waals surface area contributed by atoms with Gasteiger partial charge in [0.05, 0.1) is 6.42 Å². The predicted octanol–water partition coefficient (Wildman–Crippen LogP) is 2.22. The second-order valence-corrected chi connectivity index (χ2v) is 7.12. The lowest BCUT2D eigenvalue weighted by atomic mass is 10.0. The molecule has 0 aliphatic carbocycles. The quantitative estimate of drug-likeness (QED) is 0.671. The third-order valence-corrected chi connectivity index (χ3v) is 3.47. The minimum Gasteiger partial charge on any atom is -0.481 e. The summed E-state index contributed by atoms with van der Waals surface area (Å²) in [5.74, 6) is -1.54. The molecule has 0 saturated heterocycles. The van der Waals surface area contributed by atoms with Crippen LogP contribution in [0.15, 0.2) is 24.3 Å². The third-order valence-electron chi connectivity index (χ3n) is 3.47. The van der Waals surface area contributed by atoms with Gasteiger partial charge in [-0.15, -0.1) is 0 Å². The molecule has 2 N–H and O–H groups in total. The summed E-state index contributed by atoms with van der Waals surface area (Å²) in [4.78, 5) is 47.5. The van der Waals surface area contributed by atoms with Crippen molar-refractivity contribution in [2.75, 3.05) is 13.6 Å². The maximum atomic E-state index is 12.1. The van der Waals surface area contributed by atoms with Gasteiger partial charge in [0.15, 0.2) is 5.78 Å². The van der Waals surface area contributed by atoms with E-state index in [0.717, 1.165) is 5.56 Å². The minimum atomic E-state index is -1.01. The van der Waals surface area contributed by atoms with Crippen LogP contribution >= 0.6 is 0 Å². The fourth-order valence-electron chi connectivity index (χ4n) is 2.12. The van der Waals surface area contributed by atoms with Crippen molar-refractivity contribution in [2.45, 2.75) is 45.8 Å². The number of carbonyl (C=O) groups is 4. The number of carboxylic acid groups (broad SMARTS) is 1. The standard InChI is InChI=1S/C19H26N2O6/c1-19(2,3)27-18(26)20-11-16(23)21(4)12-13-5-7-14(8-6-13)15(22)9-10-17(24)25/h5-8H,9-12H2,1-4H3,(H,20,26)(H,24,25). The molecule has 8 heteroatoms. The summed E-state index contributed by atoms with van der Waals surface area (Å²) in [6.45, 7) is 5.32. The highest BCUT2D eigenvalue weighted by molar-refractivity contribution is 5.97. The van der Waals surface area contributed by atoms with E-state index in [4.69, 9.17) is 9.84 Å². The van der Waals surface area contributed by atoms with E-state index in [9.17, 15) is 19.2 Å². The van der Waals surface area contributed by atoms with E-state index in [1.807, 2.05) is 0 Å². The van der Waals surface area contributed by atoms with Crippen LogP contribution < -0.4 is 5.32 Å². The fraction of sp³-hybridized carbons (Fsp3) is 0.474. The number of hydrogen-bond donors (Lipinski definition) is 2. The molecule has 1 aromatic carbocycles. The van der Waals surface area contributed by atoms with E-state index in [1.165, 1.54) is 4.90 Å². The molecule has 0 unspecified atom stereocenters.